The van der Waals surface area contributed by atoms with Crippen molar-refractivity contribution in [3.8, 4) is 5.75 Å². The maximum absolute atomic E-state index is 6.48. The molecule has 9 nitrogen and oxygen atoms in total. The molecule has 2 aromatic rings. The molecule has 1 unspecified atom stereocenters. The fraction of sp³-hybridized carbons (Fsp3) is 0.679. The van der Waals surface area contributed by atoms with Crippen LogP contribution in [0.2, 0.25) is 0 Å². The third-order valence-electron chi connectivity index (χ3n) is 9.21. The maximum atomic E-state index is 6.48. The van der Waals surface area contributed by atoms with Crippen LogP contribution < -0.4 is 20.3 Å². The van der Waals surface area contributed by atoms with Gasteiger partial charge in [0.1, 0.15) is 17.5 Å². The predicted octanol–water partition coefficient (Wildman–Crippen LogP) is 3.37. The van der Waals surface area contributed by atoms with E-state index in [2.05, 4.69) is 16.7 Å². The number of aromatic nitrogens is 3. The fourth-order valence-corrected chi connectivity index (χ4v) is 7.36. The average molecular weight is 539 g/mol. The van der Waals surface area contributed by atoms with Gasteiger partial charge in [-0.25, -0.2) is 15.0 Å². The van der Waals surface area contributed by atoms with E-state index in [1.54, 1.807) is 11.8 Å². The minimum Gasteiger partial charge on any atom is -0.486 e. The predicted molar refractivity (Wildman–Crippen MR) is 146 cm³/mol. The molecule has 3 saturated heterocycles. The second-order valence-electron chi connectivity index (χ2n) is 11.9. The molecule has 0 aromatic carbocycles. The van der Waals surface area contributed by atoms with Crippen LogP contribution in [0.15, 0.2) is 34.6 Å². The molecule has 10 heteroatoms. The van der Waals surface area contributed by atoms with Crippen LogP contribution in [0.5, 0.6) is 5.75 Å². The second-order valence-corrected chi connectivity index (χ2v) is 12.9. The zero-order valence-electron chi connectivity index (χ0n) is 22.1. The van der Waals surface area contributed by atoms with Crippen molar-refractivity contribution >= 4 is 23.4 Å². The number of hydrogen-bond donors (Lipinski definition) is 1. The van der Waals surface area contributed by atoms with Crippen molar-refractivity contribution in [1.29, 1.82) is 0 Å². The molecule has 7 rings (SSSR count). The number of hydrogen-bond acceptors (Lipinski definition) is 10. The Bertz CT molecular complexity index is 1140. The molecule has 0 radical (unpaired) electrons. The van der Waals surface area contributed by atoms with E-state index in [1.807, 2.05) is 24.7 Å². The Hall–Kier alpha value is -2.14. The van der Waals surface area contributed by atoms with E-state index in [9.17, 15) is 0 Å². The first-order chi connectivity index (χ1) is 18.6. The quantitative estimate of drug-likeness (QED) is 0.565. The molecule has 5 aliphatic rings. The molecule has 1 spiro atoms. The van der Waals surface area contributed by atoms with E-state index in [-0.39, 0.29) is 17.6 Å². The summed E-state index contributed by atoms with van der Waals surface area (Å²) in [6, 6.07) is 2.51. The molecule has 2 N–H and O–H groups in total. The summed E-state index contributed by atoms with van der Waals surface area (Å²) in [7, 11) is 0. The molecule has 2 aromatic heterocycles. The van der Waals surface area contributed by atoms with Crippen LogP contribution in [-0.2, 0) is 9.47 Å². The molecule has 4 fully saturated rings. The lowest BCUT2D eigenvalue weighted by atomic mass is 9.73. The summed E-state index contributed by atoms with van der Waals surface area (Å²) in [5, 5.41) is 0.856. The lowest BCUT2D eigenvalue weighted by Gasteiger charge is -2.41. The number of ether oxygens (including phenoxy) is 3. The normalized spacial score (nSPS) is 29.8. The summed E-state index contributed by atoms with van der Waals surface area (Å²) < 4.78 is 18.2. The van der Waals surface area contributed by atoms with Gasteiger partial charge in [0.25, 0.3) is 0 Å². The topological polar surface area (TPSA) is 98.9 Å². The van der Waals surface area contributed by atoms with Gasteiger partial charge >= 0.3 is 0 Å². The summed E-state index contributed by atoms with van der Waals surface area (Å²) in [6.07, 6.45) is 11.6. The number of fused-ring (bicyclic) bond motifs is 3. The summed E-state index contributed by atoms with van der Waals surface area (Å²) in [4.78, 5) is 20.0. The molecular formula is C28H38N6O3S. The maximum Gasteiger partial charge on any atom is 0.175 e. The molecule has 38 heavy (non-hydrogen) atoms. The molecular weight excluding hydrogens is 500 g/mol. The number of nitrogens with two attached hydrogens (primary N) is 1. The largest absolute Gasteiger partial charge is 0.486 e. The van der Waals surface area contributed by atoms with Crippen LogP contribution in [0.3, 0.4) is 0 Å². The summed E-state index contributed by atoms with van der Waals surface area (Å²) >= 11 is 1.59. The van der Waals surface area contributed by atoms with Gasteiger partial charge < -0.3 is 29.7 Å². The van der Waals surface area contributed by atoms with Crippen LogP contribution in [0.25, 0.3) is 0 Å². The third-order valence-corrected chi connectivity index (χ3v) is 10.2. The van der Waals surface area contributed by atoms with Gasteiger partial charge in [-0.2, -0.15) is 0 Å². The van der Waals surface area contributed by atoms with E-state index in [1.165, 1.54) is 12.8 Å². The van der Waals surface area contributed by atoms with E-state index < -0.39 is 0 Å². The van der Waals surface area contributed by atoms with Crippen molar-refractivity contribution in [2.24, 2.45) is 23.0 Å². The van der Waals surface area contributed by atoms with Crippen LogP contribution in [0.4, 0.5) is 11.6 Å². The van der Waals surface area contributed by atoms with Crippen molar-refractivity contribution in [2.45, 2.75) is 67.1 Å². The highest BCUT2D eigenvalue weighted by molar-refractivity contribution is 7.99. The Morgan fingerprint density at radius 1 is 1.13 bits per heavy atom. The molecule has 1 aliphatic carbocycles. The smallest absolute Gasteiger partial charge is 0.175 e. The molecule has 6 heterocycles. The Kier molecular flexibility index (Phi) is 6.62. The SMILES string of the molecule is C[C@@H]1OCC2(CCN(c3cnc(Sc4ccnc5c4OC[C@@H]4CC(COCC6CC6)CN54)cn3)CC2)[C@@H]1N. The minimum absolute atomic E-state index is 0.109. The molecule has 4 aliphatic heterocycles. The van der Waals surface area contributed by atoms with Crippen molar-refractivity contribution < 1.29 is 14.2 Å². The summed E-state index contributed by atoms with van der Waals surface area (Å²) in [5.41, 5.74) is 6.59. The molecule has 1 saturated carbocycles. The van der Waals surface area contributed by atoms with Crippen LogP contribution in [0, 0.1) is 17.3 Å². The molecule has 4 atom stereocenters. The highest BCUT2D eigenvalue weighted by atomic mass is 32.2. The Morgan fingerprint density at radius 2 is 1.97 bits per heavy atom. The minimum atomic E-state index is 0.109. The van der Waals surface area contributed by atoms with Crippen LogP contribution in [-0.4, -0.2) is 79.2 Å². The first-order valence-electron chi connectivity index (χ1n) is 14.2. The molecule has 0 bridgehead atoms. The van der Waals surface area contributed by atoms with Gasteiger partial charge in [0.05, 0.1) is 42.6 Å². The van der Waals surface area contributed by atoms with Crippen molar-refractivity contribution in [3.63, 3.8) is 0 Å². The monoisotopic (exact) mass is 538 g/mol. The Balaban J connectivity index is 0.984. The summed E-state index contributed by atoms with van der Waals surface area (Å²) in [5.74, 6) is 4.08. The number of piperidine rings is 1. The highest BCUT2D eigenvalue weighted by Crippen LogP contribution is 2.45. The van der Waals surface area contributed by atoms with Gasteiger partial charge in [-0.3, -0.25) is 0 Å². The zero-order valence-corrected chi connectivity index (χ0v) is 22.9. The fourth-order valence-electron chi connectivity index (χ4n) is 6.55. The van der Waals surface area contributed by atoms with Gasteiger partial charge in [-0.05, 0) is 51.0 Å². The standard InChI is InChI=1S/C28H38N6O3S/c1-18-26(29)28(17-37-18)5-8-33(9-6-28)23-11-32-24(12-31-23)38-22-4-7-30-27-25(22)36-16-21-10-20(13-34(21)27)15-35-14-19-2-3-19/h4,7,11-12,18-21,26H,2-3,5-6,8-10,13-17,29H2,1H3/t18-,20?,21-,26+/m0/s1. The van der Waals surface area contributed by atoms with Crippen molar-refractivity contribution in [2.75, 3.05) is 55.9 Å². The number of nitrogens with zero attached hydrogens (tertiary/aromatic N) is 5. The van der Waals surface area contributed by atoms with E-state index in [0.29, 0.717) is 18.6 Å². The van der Waals surface area contributed by atoms with E-state index in [0.717, 1.165) is 91.9 Å². The van der Waals surface area contributed by atoms with Gasteiger partial charge in [0.15, 0.2) is 11.6 Å². The van der Waals surface area contributed by atoms with E-state index >= 15 is 0 Å². The molecule has 204 valence electrons. The first kappa shape index (κ1) is 24.9. The Labute approximate surface area is 228 Å². The third kappa shape index (κ3) is 4.74. The second kappa shape index (κ2) is 10.1. The number of rotatable bonds is 7. The summed E-state index contributed by atoms with van der Waals surface area (Å²) in [6.45, 7) is 8.16. The van der Waals surface area contributed by atoms with Crippen LogP contribution in [0.1, 0.15) is 39.0 Å². The number of anilines is 2. The lowest BCUT2D eigenvalue weighted by Crippen LogP contribution is -2.50. The van der Waals surface area contributed by atoms with Gasteiger partial charge in [0.2, 0.25) is 0 Å². The Morgan fingerprint density at radius 3 is 2.71 bits per heavy atom. The lowest BCUT2D eigenvalue weighted by molar-refractivity contribution is 0.0956. The average Bonchev–Trinajstić information content (AvgIpc) is 3.61. The van der Waals surface area contributed by atoms with Gasteiger partial charge in [0, 0.05) is 49.8 Å². The highest BCUT2D eigenvalue weighted by Gasteiger charge is 2.47. The van der Waals surface area contributed by atoms with E-state index in [4.69, 9.17) is 34.9 Å². The van der Waals surface area contributed by atoms with Crippen LogP contribution >= 0.6 is 11.8 Å². The number of pyridine rings is 1. The zero-order chi connectivity index (χ0) is 25.7. The van der Waals surface area contributed by atoms with Gasteiger partial charge in [-0.1, -0.05) is 11.8 Å². The van der Waals surface area contributed by atoms with Gasteiger partial charge in [-0.15, -0.1) is 0 Å². The van der Waals surface area contributed by atoms with Crippen molar-refractivity contribution in [3.05, 3.63) is 24.7 Å². The van der Waals surface area contributed by atoms with Crippen molar-refractivity contribution in [1.82, 2.24) is 15.0 Å². The first-order valence-corrected chi connectivity index (χ1v) is 15.0. The molecule has 0 amide bonds.